The molecule has 0 aromatic heterocycles. The Kier molecular flexibility index (Phi) is 5.27. The van der Waals surface area contributed by atoms with E-state index < -0.39 is 0 Å². The minimum absolute atomic E-state index is 0.199. The van der Waals surface area contributed by atoms with Crippen molar-refractivity contribution in [3.63, 3.8) is 0 Å². The Morgan fingerprint density at radius 3 is 2.39 bits per heavy atom. The van der Waals surface area contributed by atoms with Crippen LogP contribution in [0, 0.1) is 5.92 Å². The van der Waals surface area contributed by atoms with E-state index >= 15 is 0 Å². The first-order chi connectivity index (χ1) is 16.3. The number of ether oxygens (including phenoxy) is 2. The molecule has 3 unspecified atom stereocenters. The third-order valence-corrected chi connectivity index (χ3v) is 7.17. The molecule has 1 N–H and O–H groups in total. The Bertz CT molecular complexity index is 1290. The first-order valence-electron chi connectivity index (χ1n) is 12.0. The van der Waals surface area contributed by atoms with Gasteiger partial charge in [0, 0.05) is 12.5 Å². The van der Waals surface area contributed by atoms with E-state index in [2.05, 4.69) is 90.3 Å². The van der Waals surface area contributed by atoms with Gasteiger partial charge in [0.1, 0.15) is 12.4 Å². The minimum atomic E-state index is 0.199. The fourth-order valence-electron chi connectivity index (χ4n) is 5.74. The standard InChI is InChI=1S/C30H29NO2/c1-2-32-17-18-33-27-16-8-15-25-24-13-7-14-26(24)30(31-29(25)27)28-22-11-5-3-9-20(22)19-21-10-4-6-12-23(21)28/h3-13,15-16,19,24,26,30-31H,2,14,17-18H2,1H3. The van der Waals surface area contributed by atoms with Gasteiger partial charge in [-0.1, -0.05) is 72.8 Å². The van der Waals surface area contributed by atoms with Gasteiger partial charge in [0.05, 0.1) is 18.3 Å². The van der Waals surface area contributed by atoms with E-state index in [9.17, 15) is 0 Å². The molecule has 4 aromatic carbocycles. The predicted octanol–water partition coefficient (Wildman–Crippen LogP) is 7.23. The summed E-state index contributed by atoms with van der Waals surface area (Å²) in [6.07, 6.45) is 5.83. The second-order valence-corrected chi connectivity index (χ2v) is 8.97. The van der Waals surface area contributed by atoms with Gasteiger partial charge in [-0.3, -0.25) is 0 Å². The molecule has 4 aromatic rings. The van der Waals surface area contributed by atoms with E-state index in [1.807, 2.05) is 6.92 Å². The van der Waals surface area contributed by atoms with Crippen molar-refractivity contribution in [3.05, 3.63) is 96.1 Å². The summed E-state index contributed by atoms with van der Waals surface area (Å²) in [5, 5.41) is 9.22. The van der Waals surface area contributed by atoms with E-state index in [0.717, 1.165) is 17.9 Å². The van der Waals surface area contributed by atoms with E-state index in [0.29, 0.717) is 31.7 Å². The molecule has 0 bridgehead atoms. The number of hydrogen-bond donors (Lipinski definition) is 1. The van der Waals surface area contributed by atoms with Crippen LogP contribution in [0.4, 0.5) is 5.69 Å². The molecule has 0 saturated heterocycles. The fraction of sp³-hybridized carbons (Fsp3) is 0.267. The summed E-state index contributed by atoms with van der Waals surface area (Å²) in [7, 11) is 0. The minimum Gasteiger partial charge on any atom is -0.489 e. The molecule has 3 heteroatoms. The van der Waals surface area contributed by atoms with Gasteiger partial charge in [0.25, 0.3) is 0 Å². The molecular weight excluding hydrogens is 406 g/mol. The van der Waals surface area contributed by atoms with Gasteiger partial charge >= 0.3 is 0 Å². The molecule has 33 heavy (non-hydrogen) atoms. The van der Waals surface area contributed by atoms with Crippen LogP contribution in [0.1, 0.15) is 36.4 Å². The Morgan fingerprint density at radius 1 is 0.879 bits per heavy atom. The van der Waals surface area contributed by atoms with Crippen LogP contribution in [-0.4, -0.2) is 19.8 Å². The summed E-state index contributed by atoms with van der Waals surface area (Å²) >= 11 is 0. The van der Waals surface area contributed by atoms with Gasteiger partial charge in [-0.05, 0) is 64.1 Å². The van der Waals surface area contributed by atoms with Gasteiger partial charge in [0.15, 0.2) is 0 Å². The number of nitrogens with one attached hydrogen (secondary N) is 1. The highest BCUT2D eigenvalue weighted by molar-refractivity contribution is 6.03. The van der Waals surface area contributed by atoms with Gasteiger partial charge in [-0.25, -0.2) is 0 Å². The molecule has 6 rings (SSSR count). The second kappa shape index (κ2) is 8.57. The van der Waals surface area contributed by atoms with Crippen molar-refractivity contribution in [2.75, 3.05) is 25.1 Å². The summed E-state index contributed by atoms with van der Waals surface area (Å²) in [6, 6.07) is 26.6. The van der Waals surface area contributed by atoms with Crippen LogP contribution < -0.4 is 10.1 Å². The lowest BCUT2D eigenvalue weighted by atomic mass is 9.75. The predicted molar refractivity (Wildman–Crippen MR) is 136 cm³/mol. The number of hydrogen-bond acceptors (Lipinski definition) is 3. The number of rotatable bonds is 6. The van der Waals surface area contributed by atoms with Crippen molar-refractivity contribution in [2.45, 2.75) is 25.3 Å². The highest BCUT2D eigenvalue weighted by atomic mass is 16.5. The maximum absolute atomic E-state index is 6.20. The van der Waals surface area contributed by atoms with Crippen molar-refractivity contribution in [1.29, 1.82) is 0 Å². The van der Waals surface area contributed by atoms with E-state index in [4.69, 9.17) is 9.47 Å². The normalized spacial score (nSPS) is 21.1. The van der Waals surface area contributed by atoms with Gasteiger partial charge in [0.2, 0.25) is 0 Å². The van der Waals surface area contributed by atoms with Crippen molar-refractivity contribution < 1.29 is 9.47 Å². The number of allylic oxidation sites excluding steroid dienone is 2. The van der Waals surface area contributed by atoms with Crippen LogP contribution in [0.3, 0.4) is 0 Å². The van der Waals surface area contributed by atoms with Crippen LogP contribution in [0.15, 0.2) is 84.9 Å². The van der Waals surface area contributed by atoms with E-state index in [-0.39, 0.29) is 6.04 Å². The Morgan fingerprint density at radius 2 is 1.64 bits per heavy atom. The molecule has 0 amide bonds. The van der Waals surface area contributed by atoms with E-state index in [1.165, 1.54) is 32.7 Å². The van der Waals surface area contributed by atoms with Crippen LogP contribution in [0.2, 0.25) is 0 Å². The molecule has 1 heterocycles. The largest absolute Gasteiger partial charge is 0.489 e. The lowest BCUT2D eigenvalue weighted by molar-refractivity contribution is 0.110. The third kappa shape index (κ3) is 3.48. The summed E-state index contributed by atoms with van der Waals surface area (Å²) in [5.41, 5.74) is 3.87. The summed E-state index contributed by atoms with van der Waals surface area (Å²) in [6.45, 7) is 3.87. The number of anilines is 1. The smallest absolute Gasteiger partial charge is 0.142 e. The zero-order valence-corrected chi connectivity index (χ0v) is 19.0. The van der Waals surface area contributed by atoms with Crippen molar-refractivity contribution in [1.82, 2.24) is 0 Å². The average molecular weight is 436 g/mol. The Labute approximate surface area is 195 Å². The average Bonchev–Trinajstić information content (AvgIpc) is 3.35. The molecule has 166 valence electrons. The maximum atomic E-state index is 6.20. The van der Waals surface area contributed by atoms with Crippen LogP contribution in [0.25, 0.3) is 21.5 Å². The molecule has 0 fully saturated rings. The van der Waals surface area contributed by atoms with Crippen LogP contribution in [-0.2, 0) is 4.74 Å². The van der Waals surface area contributed by atoms with Gasteiger partial charge < -0.3 is 14.8 Å². The number of fused-ring (bicyclic) bond motifs is 5. The summed E-state index contributed by atoms with van der Waals surface area (Å²) < 4.78 is 11.7. The Hall–Kier alpha value is -3.30. The molecule has 1 aliphatic carbocycles. The summed E-state index contributed by atoms with van der Waals surface area (Å²) in [4.78, 5) is 0. The first-order valence-corrected chi connectivity index (χ1v) is 12.0. The lowest BCUT2D eigenvalue weighted by Crippen LogP contribution is -2.30. The molecule has 0 spiro atoms. The summed E-state index contributed by atoms with van der Waals surface area (Å²) in [5.74, 6) is 1.78. The van der Waals surface area contributed by atoms with Crippen molar-refractivity contribution in [3.8, 4) is 5.75 Å². The molecule has 0 radical (unpaired) electrons. The molecule has 2 aliphatic rings. The lowest BCUT2D eigenvalue weighted by Gasteiger charge is -2.39. The second-order valence-electron chi connectivity index (χ2n) is 8.97. The zero-order chi connectivity index (χ0) is 22.2. The van der Waals surface area contributed by atoms with Crippen molar-refractivity contribution in [2.24, 2.45) is 5.92 Å². The Balaban J connectivity index is 1.50. The molecule has 3 nitrogen and oxygen atoms in total. The first kappa shape index (κ1) is 20.3. The fourth-order valence-corrected chi connectivity index (χ4v) is 5.74. The number of benzene rings is 4. The maximum Gasteiger partial charge on any atom is 0.142 e. The number of para-hydroxylation sites is 1. The third-order valence-electron chi connectivity index (χ3n) is 7.17. The molecule has 3 atom stereocenters. The van der Waals surface area contributed by atoms with Crippen LogP contribution in [0.5, 0.6) is 5.75 Å². The monoisotopic (exact) mass is 435 g/mol. The quantitative estimate of drug-likeness (QED) is 0.197. The molecular formula is C30H29NO2. The topological polar surface area (TPSA) is 30.5 Å². The van der Waals surface area contributed by atoms with Gasteiger partial charge in [-0.2, -0.15) is 0 Å². The zero-order valence-electron chi connectivity index (χ0n) is 19.0. The molecule has 1 aliphatic heterocycles. The highest BCUT2D eigenvalue weighted by Crippen LogP contribution is 2.54. The molecule has 0 saturated carbocycles. The van der Waals surface area contributed by atoms with Crippen LogP contribution >= 0.6 is 0 Å². The van der Waals surface area contributed by atoms with Gasteiger partial charge in [-0.15, -0.1) is 0 Å². The highest BCUT2D eigenvalue weighted by Gasteiger charge is 2.40. The van der Waals surface area contributed by atoms with E-state index in [1.54, 1.807) is 0 Å². The SMILES string of the molecule is CCOCCOc1cccc2c1NC(c1c3ccccc3cc3ccccc13)C1CC=CC21. The van der Waals surface area contributed by atoms with Crippen molar-refractivity contribution >= 4 is 27.2 Å².